The van der Waals surface area contributed by atoms with Gasteiger partial charge in [0, 0.05) is 25.6 Å². The van der Waals surface area contributed by atoms with Crippen molar-refractivity contribution in [2.24, 2.45) is 17.8 Å². The van der Waals surface area contributed by atoms with Gasteiger partial charge in [0.2, 0.25) is 0 Å². The molecular weight excluding hydrogens is 556 g/mol. The van der Waals surface area contributed by atoms with E-state index in [0.29, 0.717) is 6.61 Å². The number of rotatable bonds is 18. The minimum absolute atomic E-state index is 0.0575. The molecule has 0 amide bonds. The van der Waals surface area contributed by atoms with Crippen LogP contribution >= 0.6 is 0 Å². The minimum Gasteiger partial charge on any atom is -0.497 e. The Morgan fingerprint density at radius 2 is 1.57 bits per heavy atom. The summed E-state index contributed by atoms with van der Waals surface area (Å²) in [5, 5.41) is 21.6. The van der Waals surface area contributed by atoms with Gasteiger partial charge in [-0.15, -0.1) is 0 Å². The standard InChI is InChI=1S/C32H56O9Si/c1-21(18-41-42(11,12)32(5,6)7)17-22(2)29(40-20-36-8)24(4)30(23(3)27(33)28(34)31(35)38-10)39-19-25-13-15-26(37-9)16-14-25/h13-17,21,23-24,27-30,33-34H,18-20H2,1-12H3/b22-17+/t21-,23-,24+,27+,28+,29-,30+/m1/s1. The fourth-order valence-electron chi connectivity index (χ4n) is 4.60. The molecule has 0 saturated heterocycles. The zero-order valence-electron chi connectivity index (χ0n) is 27.8. The lowest BCUT2D eigenvalue weighted by Crippen LogP contribution is -2.48. The summed E-state index contributed by atoms with van der Waals surface area (Å²) in [6, 6.07) is 7.50. The number of benzene rings is 1. The molecule has 0 aliphatic rings. The monoisotopic (exact) mass is 612 g/mol. The number of methoxy groups -OCH3 is 3. The molecule has 242 valence electrons. The molecule has 0 aliphatic heterocycles. The SMILES string of the molecule is COCO[C@H](/C(C)=C/[C@@H](C)CO[Si](C)(C)C(C)(C)C)[C@H](C)[C@@H](OCc1ccc(OC)cc1)[C@H](C)[C@H](O)[C@H](O)C(=O)OC. The third-order valence-corrected chi connectivity index (χ3v) is 12.8. The van der Waals surface area contributed by atoms with E-state index in [2.05, 4.69) is 51.6 Å². The van der Waals surface area contributed by atoms with Crippen molar-refractivity contribution in [3.05, 3.63) is 41.5 Å². The van der Waals surface area contributed by atoms with Crippen LogP contribution in [0.1, 0.15) is 54.0 Å². The molecule has 10 heteroatoms. The van der Waals surface area contributed by atoms with Crippen molar-refractivity contribution < 1.29 is 43.1 Å². The fraction of sp³-hybridized carbons (Fsp3) is 0.719. The second-order valence-corrected chi connectivity index (χ2v) is 17.6. The molecule has 0 bridgehead atoms. The van der Waals surface area contributed by atoms with Gasteiger partial charge in [0.05, 0.1) is 39.1 Å². The topological polar surface area (TPSA) is 113 Å². The summed E-state index contributed by atoms with van der Waals surface area (Å²) in [6.45, 7) is 19.9. The Morgan fingerprint density at radius 3 is 2.07 bits per heavy atom. The van der Waals surface area contributed by atoms with E-state index < -0.39 is 44.6 Å². The van der Waals surface area contributed by atoms with Crippen molar-refractivity contribution in [3.63, 3.8) is 0 Å². The van der Waals surface area contributed by atoms with E-state index in [1.807, 2.05) is 38.1 Å². The molecule has 0 spiro atoms. The zero-order chi connectivity index (χ0) is 32.3. The van der Waals surface area contributed by atoms with Gasteiger partial charge in [0.15, 0.2) is 14.4 Å². The summed E-state index contributed by atoms with van der Waals surface area (Å²) in [7, 11) is 2.43. The van der Waals surface area contributed by atoms with Crippen LogP contribution in [0.25, 0.3) is 0 Å². The predicted molar refractivity (Wildman–Crippen MR) is 167 cm³/mol. The van der Waals surface area contributed by atoms with Crippen molar-refractivity contribution in [2.75, 3.05) is 34.7 Å². The molecular formula is C32H56O9Si. The van der Waals surface area contributed by atoms with Crippen molar-refractivity contribution >= 4 is 14.3 Å². The highest BCUT2D eigenvalue weighted by molar-refractivity contribution is 6.74. The molecule has 9 nitrogen and oxygen atoms in total. The molecule has 7 atom stereocenters. The van der Waals surface area contributed by atoms with Crippen molar-refractivity contribution in [3.8, 4) is 5.75 Å². The molecule has 2 N–H and O–H groups in total. The number of ether oxygens (including phenoxy) is 5. The first kappa shape index (κ1) is 38.2. The maximum Gasteiger partial charge on any atom is 0.337 e. The molecule has 0 heterocycles. The van der Waals surface area contributed by atoms with E-state index in [1.165, 1.54) is 7.11 Å². The lowest BCUT2D eigenvalue weighted by molar-refractivity contribution is -0.166. The lowest BCUT2D eigenvalue weighted by Gasteiger charge is -2.38. The summed E-state index contributed by atoms with van der Waals surface area (Å²) in [4.78, 5) is 12.0. The predicted octanol–water partition coefficient (Wildman–Crippen LogP) is 5.34. The fourth-order valence-corrected chi connectivity index (χ4v) is 5.71. The Balaban J connectivity index is 3.31. The van der Waals surface area contributed by atoms with Crippen molar-refractivity contribution in [1.29, 1.82) is 0 Å². The second kappa shape index (κ2) is 17.5. The third kappa shape index (κ3) is 11.4. The molecule has 0 saturated carbocycles. The molecule has 0 aromatic heterocycles. The third-order valence-electron chi connectivity index (χ3n) is 8.30. The molecule has 1 rings (SSSR count). The number of carbonyl (C=O) groups is 1. The van der Waals surface area contributed by atoms with Gasteiger partial charge >= 0.3 is 5.97 Å². The number of esters is 1. The van der Waals surface area contributed by atoms with Crippen LogP contribution in [0.5, 0.6) is 5.75 Å². The first-order chi connectivity index (χ1) is 19.5. The van der Waals surface area contributed by atoms with Crippen molar-refractivity contribution in [2.45, 2.75) is 97.6 Å². The van der Waals surface area contributed by atoms with Crippen LogP contribution < -0.4 is 4.74 Å². The summed E-state index contributed by atoms with van der Waals surface area (Å²) < 4.78 is 34.2. The van der Waals surface area contributed by atoms with E-state index in [0.717, 1.165) is 16.9 Å². The van der Waals surface area contributed by atoms with E-state index in [9.17, 15) is 15.0 Å². The van der Waals surface area contributed by atoms with E-state index in [1.54, 1.807) is 21.1 Å². The summed E-state index contributed by atoms with van der Waals surface area (Å²) in [5.41, 5.74) is 1.88. The normalized spacial score (nSPS) is 18.0. The first-order valence-corrected chi connectivity index (χ1v) is 17.5. The lowest BCUT2D eigenvalue weighted by atomic mass is 9.82. The molecule has 1 aromatic carbocycles. The number of carbonyl (C=O) groups excluding carboxylic acids is 1. The summed E-state index contributed by atoms with van der Waals surface area (Å²) >= 11 is 0. The Hall–Kier alpha value is -1.79. The zero-order valence-corrected chi connectivity index (χ0v) is 28.8. The Bertz CT molecular complexity index is 958. The highest BCUT2D eigenvalue weighted by atomic mass is 28.4. The van der Waals surface area contributed by atoms with Crippen LogP contribution in [0, 0.1) is 17.8 Å². The van der Waals surface area contributed by atoms with Gasteiger partial charge in [-0.05, 0) is 54.2 Å². The van der Waals surface area contributed by atoms with Crippen LogP contribution in [0.3, 0.4) is 0 Å². The van der Waals surface area contributed by atoms with Crippen LogP contribution in [0.4, 0.5) is 0 Å². The molecule has 42 heavy (non-hydrogen) atoms. The van der Waals surface area contributed by atoms with Gasteiger partial charge in [0.1, 0.15) is 12.5 Å². The average molecular weight is 613 g/mol. The van der Waals surface area contributed by atoms with E-state index in [4.69, 9.17) is 23.4 Å². The van der Waals surface area contributed by atoms with Crippen LogP contribution in [0.2, 0.25) is 18.1 Å². The molecule has 0 fully saturated rings. The van der Waals surface area contributed by atoms with Gasteiger partial charge in [-0.2, -0.15) is 0 Å². The Labute approximate surface area is 254 Å². The summed E-state index contributed by atoms with van der Waals surface area (Å²) in [6.07, 6.45) is -2.05. The largest absolute Gasteiger partial charge is 0.497 e. The van der Waals surface area contributed by atoms with E-state index >= 15 is 0 Å². The number of hydrogen-bond acceptors (Lipinski definition) is 9. The van der Waals surface area contributed by atoms with Crippen LogP contribution in [0.15, 0.2) is 35.9 Å². The smallest absolute Gasteiger partial charge is 0.337 e. The quantitative estimate of drug-likeness (QED) is 0.0982. The van der Waals surface area contributed by atoms with E-state index in [-0.39, 0.29) is 30.3 Å². The highest BCUT2D eigenvalue weighted by Gasteiger charge is 2.40. The first-order valence-electron chi connectivity index (χ1n) is 14.6. The van der Waals surface area contributed by atoms with Gasteiger partial charge in [-0.25, -0.2) is 4.79 Å². The average Bonchev–Trinajstić information content (AvgIpc) is 2.94. The number of aliphatic hydroxyl groups is 2. The molecule has 0 unspecified atom stereocenters. The number of aliphatic hydroxyl groups excluding tert-OH is 2. The molecule has 1 aromatic rings. The Morgan fingerprint density at radius 1 is 0.976 bits per heavy atom. The Kier molecular flexibility index (Phi) is 15.9. The van der Waals surface area contributed by atoms with Gasteiger partial charge < -0.3 is 38.3 Å². The highest BCUT2D eigenvalue weighted by Crippen LogP contribution is 2.37. The number of hydrogen-bond donors (Lipinski definition) is 2. The minimum atomic E-state index is -1.90. The maximum absolute atomic E-state index is 12.0. The van der Waals surface area contributed by atoms with Gasteiger partial charge in [-0.1, -0.05) is 59.8 Å². The molecule has 0 radical (unpaired) electrons. The second-order valence-electron chi connectivity index (χ2n) is 12.8. The summed E-state index contributed by atoms with van der Waals surface area (Å²) in [5.74, 6) is -1.02. The van der Waals surface area contributed by atoms with Crippen LogP contribution in [-0.4, -0.2) is 83.6 Å². The molecule has 0 aliphatic carbocycles. The van der Waals surface area contributed by atoms with Gasteiger partial charge in [-0.3, -0.25) is 0 Å². The van der Waals surface area contributed by atoms with Crippen LogP contribution in [-0.2, 0) is 34.8 Å². The van der Waals surface area contributed by atoms with Gasteiger partial charge in [0.25, 0.3) is 0 Å². The van der Waals surface area contributed by atoms with Crippen molar-refractivity contribution in [1.82, 2.24) is 0 Å². The maximum atomic E-state index is 12.0.